The SMILES string of the molecule is COc1cc(C(=O)N2CC=C(c3c[nH]c4cc(F)ccc34)CC2)cc(OC)c1OCc1ccccc1. The predicted octanol–water partition coefficient (Wildman–Crippen LogP) is 5.83. The van der Waals surface area contributed by atoms with Gasteiger partial charge in [0.2, 0.25) is 5.75 Å². The third-order valence-electron chi connectivity index (χ3n) is 6.42. The Hall–Kier alpha value is -4.26. The van der Waals surface area contributed by atoms with Crippen LogP contribution in [0.25, 0.3) is 16.5 Å². The number of benzene rings is 3. The lowest BCUT2D eigenvalue weighted by molar-refractivity contribution is 0.0772. The number of nitrogens with zero attached hydrogens (tertiary/aromatic N) is 1. The molecule has 3 aromatic carbocycles. The number of methoxy groups -OCH3 is 2. The van der Waals surface area contributed by atoms with E-state index in [1.807, 2.05) is 36.5 Å². The molecule has 0 radical (unpaired) electrons. The van der Waals surface area contributed by atoms with E-state index in [0.29, 0.717) is 48.9 Å². The number of ether oxygens (including phenoxy) is 3. The third kappa shape index (κ3) is 4.64. The van der Waals surface area contributed by atoms with E-state index >= 15 is 0 Å². The Kier molecular flexibility index (Phi) is 6.62. The molecule has 1 N–H and O–H groups in total. The number of rotatable bonds is 7. The maximum atomic E-state index is 13.5. The lowest BCUT2D eigenvalue weighted by atomic mass is 9.98. The standard InChI is InChI=1S/C29H27FN2O4/c1-34-26-14-21(15-27(35-2)28(26)36-18-19-6-4-3-5-7-19)29(33)32-12-10-20(11-13-32)24-17-31-25-16-22(30)8-9-23(24)25/h3-10,14-17,31H,11-13,18H2,1-2H3. The molecule has 0 bridgehead atoms. The molecule has 0 aliphatic carbocycles. The van der Waals surface area contributed by atoms with Crippen LogP contribution in [0.4, 0.5) is 4.39 Å². The van der Waals surface area contributed by atoms with Crippen LogP contribution >= 0.6 is 0 Å². The quantitative estimate of drug-likeness (QED) is 0.357. The van der Waals surface area contributed by atoms with Crippen molar-refractivity contribution in [2.75, 3.05) is 27.3 Å². The van der Waals surface area contributed by atoms with Gasteiger partial charge in [-0.05, 0) is 47.9 Å². The van der Waals surface area contributed by atoms with Crippen molar-refractivity contribution in [2.45, 2.75) is 13.0 Å². The molecule has 184 valence electrons. The maximum Gasteiger partial charge on any atom is 0.254 e. The zero-order chi connectivity index (χ0) is 25.1. The molecule has 4 aromatic rings. The maximum absolute atomic E-state index is 13.5. The number of aromatic nitrogens is 1. The van der Waals surface area contributed by atoms with Crippen molar-refractivity contribution in [3.05, 3.63) is 95.4 Å². The van der Waals surface area contributed by atoms with Crippen LogP contribution in [0.2, 0.25) is 0 Å². The van der Waals surface area contributed by atoms with Gasteiger partial charge in [-0.2, -0.15) is 0 Å². The van der Waals surface area contributed by atoms with Gasteiger partial charge < -0.3 is 24.1 Å². The summed E-state index contributed by atoms with van der Waals surface area (Å²) in [6.45, 7) is 1.38. The Morgan fingerprint density at radius 1 is 1.03 bits per heavy atom. The first-order chi connectivity index (χ1) is 17.6. The van der Waals surface area contributed by atoms with Crippen molar-refractivity contribution in [1.82, 2.24) is 9.88 Å². The van der Waals surface area contributed by atoms with Crippen LogP contribution in [0.5, 0.6) is 17.2 Å². The molecule has 1 aromatic heterocycles. The summed E-state index contributed by atoms with van der Waals surface area (Å²) in [7, 11) is 3.09. The molecule has 2 heterocycles. The number of aromatic amines is 1. The van der Waals surface area contributed by atoms with Gasteiger partial charge in [0.15, 0.2) is 11.5 Å². The fourth-order valence-corrected chi connectivity index (χ4v) is 4.52. The highest BCUT2D eigenvalue weighted by Crippen LogP contribution is 2.40. The molecule has 0 atom stereocenters. The van der Waals surface area contributed by atoms with Crippen molar-refractivity contribution >= 4 is 22.4 Å². The minimum absolute atomic E-state index is 0.113. The number of nitrogens with one attached hydrogen (secondary N) is 1. The van der Waals surface area contributed by atoms with E-state index < -0.39 is 0 Å². The number of H-pyrrole nitrogens is 1. The molecule has 7 heteroatoms. The molecule has 0 saturated heterocycles. The van der Waals surface area contributed by atoms with E-state index in [1.54, 1.807) is 37.3 Å². The van der Waals surface area contributed by atoms with E-state index in [0.717, 1.165) is 27.6 Å². The van der Waals surface area contributed by atoms with Crippen molar-refractivity contribution in [1.29, 1.82) is 0 Å². The van der Waals surface area contributed by atoms with E-state index in [4.69, 9.17) is 14.2 Å². The van der Waals surface area contributed by atoms with Crippen LogP contribution in [-0.2, 0) is 6.61 Å². The summed E-state index contributed by atoms with van der Waals surface area (Å²) in [5, 5.41) is 0.975. The molecule has 5 rings (SSSR count). The fourth-order valence-electron chi connectivity index (χ4n) is 4.52. The van der Waals surface area contributed by atoms with Gasteiger partial charge in [-0.25, -0.2) is 4.39 Å². The zero-order valence-electron chi connectivity index (χ0n) is 20.2. The topological polar surface area (TPSA) is 63.8 Å². The Bertz CT molecular complexity index is 1400. The molecule has 0 unspecified atom stereocenters. The van der Waals surface area contributed by atoms with Gasteiger partial charge in [0, 0.05) is 41.3 Å². The molecule has 6 nitrogen and oxygen atoms in total. The largest absolute Gasteiger partial charge is 0.493 e. The van der Waals surface area contributed by atoms with Gasteiger partial charge in [0.1, 0.15) is 12.4 Å². The number of carbonyl (C=O) groups excluding carboxylic acids is 1. The summed E-state index contributed by atoms with van der Waals surface area (Å²) < 4.78 is 30.6. The van der Waals surface area contributed by atoms with Gasteiger partial charge in [-0.1, -0.05) is 36.4 Å². The third-order valence-corrected chi connectivity index (χ3v) is 6.42. The van der Waals surface area contributed by atoms with Gasteiger partial charge in [-0.3, -0.25) is 4.79 Å². The molecule has 0 fully saturated rings. The van der Waals surface area contributed by atoms with E-state index in [9.17, 15) is 9.18 Å². The first kappa shape index (κ1) is 23.5. The summed E-state index contributed by atoms with van der Waals surface area (Å²) >= 11 is 0. The number of amides is 1. The first-order valence-electron chi connectivity index (χ1n) is 11.8. The highest BCUT2D eigenvalue weighted by atomic mass is 19.1. The summed E-state index contributed by atoms with van der Waals surface area (Å²) in [6, 6.07) is 17.9. The van der Waals surface area contributed by atoms with Crippen LogP contribution in [-0.4, -0.2) is 43.1 Å². The fraction of sp³-hybridized carbons (Fsp3) is 0.207. The minimum atomic E-state index is -0.271. The molecule has 0 saturated carbocycles. The van der Waals surface area contributed by atoms with Crippen molar-refractivity contribution < 1.29 is 23.4 Å². The van der Waals surface area contributed by atoms with Gasteiger partial charge >= 0.3 is 0 Å². The lowest BCUT2D eigenvalue weighted by Crippen LogP contribution is -2.34. The number of hydrogen-bond acceptors (Lipinski definition) is 4. The Morgan fingerprint density at radius 3 is 2.44 bits per heavy atom. The van der Waals surface area contributed by atoms with Crippen LogP contribution in [0, 0.1) is 5.82 Å². The number of hydrogen-bond donors (Lipinski definition) is 1. The van der Waals surface area contributed by atoms with Crippen LogP contribution < -0.4 is 14.2 Å². The van der Waals surface area contributed by atoms with Gasteiger partial charge in [0.05, 0.1) is 14.2 Å². The molecule has 36 heavy (non-hydrogen) atoms. The van der Waals surface area contributed by atoms with E-state index in [2.05, 4.69) is 11.1 Å². The Balaban J connectivity index is 1.34. The van der Waals surface area contributed by atoms with E-state index in [-0.39, 0.29) is 11.7 Å². The molecular formula is C29H27FN2O4. The second-order valence-electron chi connectivity index (χ2n) is 8.61. The molecule has 0 spiro atoms. The highest BCUT2D eigenvalue weighted by molar-refractivity contribution is 5.97. The number of fused-ring (bicyclic) bond motifs is 1. The normalized spacial score (nSPS) is 13.4. The average Bonchev–Trinajstić information content (AvgIpc) is 3.34. The molecule has 1 aliphatic heterocycles. The number of carbonyl (C=O) groups is 1. The zero-order valence-corrected chi connectivity index (χ0v) is 20.2. The smallest absolute Gasteiger partial charge is 0.254 e. The van der Waals surface area contributed by atoms with Gasteiger partial charge in [-0.15, -0.1) is 0 Å². The monoisotopic (exact) mass is 486 g/mol. The molecule has 1 amide bonds. The summed E-state index contributed by atoms with van der Waals surface area (Å²) in [6.07, 6.45) is 4.65. The lowest BCUT2D eigenvalue weighted by Gasteiger charge is -2.27. The second-order valence-corrected chi connectivity index (χ2v) is 8.61. The van der Waals surface area contributed by atoms with Crippen molar-refractivity contribution in [3.63, 3.8) is 0 Å². The van der Waals surface area contributed by atoms with E-state index in [1.165, 1.54) is 12.1 Å². The molecular weight excluding hydrogens is 459 g/mol. The van der Waals surface area contributed by atoms with Crippen molar-refractivity contribution in [2.24, 2.45) is 0 Å². The summed E-state index contributed by atoms with van der Waals surface area (Å²) in [5.41, 5.74) is 4.42. The van der Waals surface area contributed by atoms with Crippen molar-refractivity contribution in [3.8, 4) is 17.2 Å². The van der Waals surface area contributed by atoms with Crippen LogP contribution in [0.3, 0.4) is 0 Å². The first-order valence-corrected chi connectivity index (χ1v) is 11.8. The second kappa shape index (κ2) is 10.2. The number of halogens is 1. The van der Waals surface area contributed by atoms with Crippen LogP contribution in [0.15, 0.2) is 72.9 Å². The summed E-state index contributed by atoms with van der Waals surface area (Å²) in [5.74, 6) is 0.947. The predicted molar refractivity (Wildman–Crippen MR) is 137 cm³/mol. The van der Waals surface area contributed by atoms with Crippen LogP contribution in [0.1, 0.15) is 27.9 Å². The Labute approximate surface area is 208 Å². The molecule has 1 aliphatic rings. The highest BCUT2D eigenvalue weighted by Gasteiger charge is 2.24. The Morgan fingerprint density at radius 2 is 1.78 bits per heavy atom. The van der Waals surface area contributed by atoms with Gasteiger partial charge in [0.25, 0.3) is 5.91 Å². The summed E-state index contributed by atoms with van der Waals surface area (Å²) in [4.78, 5) is 18.3. The average molecular weight is 487 g/mol. The minimum Gasteiger partial charge on any atom is -0.493 e.